The number of ether oxygens (including phenoxy) is 1. The molecule has 22 heavy (non-hydrogen) atoms. The van der Waals surface area contributed by atoms with E-state index in [0.29, 0.717) is 17.3 Å². The zero-order valence-corrected chi connectivity index (χ0v) is 12.5. The summed E-state index contributed by atoms with van der Waals surface area (Å²) in [5.74, 6) is -0.552. The number of hydrogen-bond acceptors (Lipinski definition) is 6. The van der Waals surface area contributed by atoms with E-state index < -0.39 is 11.9 Å². The molecule has 0 fully saturated rings. The third kappa shape index (κ3) is 3.25. The summed E-state index contributed by atoms with van der Waals surface area (Å²) < 4.78 is 10.0. The van der Waals surface area contributed by atoms with E-state index in [1.807, 2.05) is 0 Å². The zero-order chi connectivity index (χ0) is 16.3. The molecule has 116 valence electrons. The van der Waals surface area contributed by atoms with Crippen LogP contribution in [-0.4, -0.2) is 28.6 Å². The van der Waals surface area contributed by atoms with E-state index in [-0.39, 0.29) is 23.6 Å². The molecule has 1 aromatic carbocycles. The lowest BCUT2D eigenvalue weighted by Gasteiger charge is -2.08. The van der Waals surface area contributed by atoms with E-state index in [2.05, 4.69) is 10.3 Å². The lowest BCUT2D eigenvalue weighted by Crippen LogP contribution is -2.14. The summed E-state index contributed by atoms with van der Waals surface area (Å²) in [5, 5.41) is 12.3. The molecule has 0 aliphatic heterocycles. The smallest absolute Gasteiger partial charge is 0.341 e. The van der Waals surface area contributed by atoms with Gasteiger partial charge in [-0.05, 0) is 32.0 Å². The van der Waals surface area contributed by atoms with Gasteiger partial charge in [0.05, 0.1) is 6.61 Å². The van der Waals surface area contributed by atoms with Crippen molar-refractivity contribution in [3.05, 3.63) is 41.1 Å². The van der Waals surface area contributed by atoms with Crippen molar-refractivity contribution in [2.45, 2.75) is 20.8 Å². The maximum absolute atomic E-state index is 12.1. The van der Waals surface area contributed by atoms with E-state index in [1.54, 1.807) is 20.8 Å². The van der Waals surface area contributed by atoms with Crippen LogP contribution in [0.1, 0.15) is 39.4 Å². The van der Waals surface area contributed by atoms with Gasteiger partial charge in [0.1, 0.15) is 17.1 Å². The van der Waals surface area contributed by atoms with Crippen LogP contribution in [0.15, 0.2) is 22.6 Å². The van der Waals surface area contributed by atoms with Crippen molar-refractivity contribution in [2.75, 3.05) is 11.9 Å². The Bertz CT molecular complexity index is 721. The van der Waals surface area contributed by atoms with Crippen molar-refractivity contribution in [3.8, 4) is 5.75 Å². The number of aromatic nitrogens is 1. The number of nitrogens with one attached hydrogen (secondary N) is 1. The van der Waals surface area contributed by atoms with Gasteiger partial charge >= 0.3 is 5.97 Å². The molecule has 1 amide bonds. The average molecular weight is 304 g/mol. The van der Waals surface area contributed by atoms with Gasteiger partial charge in [0.25, 0.3) is 5.91 Å². The number of aryl methyl sites for hydroxylation is 2. The van der Waals surface area contributed by atoms with Crippen LogP contribution in [0.5, 0.6) is 5.75 Å². The number of phenols is 1. The van der Waals surface area contributed by atoms with Crippen LogP contribution in [0.3, 0.4) is 0 Å². The predicted octanol–water partition coefficient (Wildman–Crippen LogP) is 2.43. The first-order valence-corrected chi connectivity index (χ1v) is 6.68. The highest BCUT2D eigenvalue weighted by Gasteiger charge is 2.18. The van der Waals surface area contributed by atoms with E-state index >= 15 is 0 Å². The number of amides is 1. The summed E-state index contributed by atoms with van der Waals surface area (Å²) in [6.07, 6.45) is 0. The third-order valence-corrected chi connectivity index (χ3v) is 2.87. The number of aromatic hydroxyl groups is 1. The predicted molar refractivity (Wildman–Crippen MR) is 78.0 cm³/mol. The third-order valence-electron chi connectivity index (χ3n) is 2.87. The zero-order valence-electron chi connectivity index (χ0n) is 12.5. The monoisotopic (exact) mass is 304 g/mol. The fourth-order valence-electron chi connectivity index (χ4n) is 1.92. The first-order valence-electron chi connectivity index (χ1n) is 6.68. The normalized spacial score (nSPS) is 10.3. The minimum absolute atomic E-state index is 0.0206. The van der Waals surface area contributed by atoms with Gasteiger partial charge in [-0.25, -0.2) is 9.78 Å². The second-order valence-electron chi connectivity index (χ2n) is 4.54. The fraction of sp³-hybridized carbons (Fsp3) is 0.267. The Kier molecular flexibility index (Phi) is 4.45. The first kappa shape index (κ1) is 15.6. The molecule has 0 aliphatic rings. The molecule has 0 unspecified atom stereocenters. The van der Waals surface area contributed by atoms with Gasteiger partial charge in [-0.3, -0.25) is 4.79 Å². The van der Waals surface area contributed by atoms with Gasteiger partial charge in [-0.15, -0.1) is 0 Å². The molecule has 1 aromatic heterocycles. The van der Waals surface area contributed by atoms with Crippen molar-refractivity contribution in [1.29, 1.82) is 0 Å². The summed E-state index contributed by atoms with van der Waals surface area (Å²) in [6.45, 7) is 5.13. The molecule has 0 atom stereocenters. The van der Waals surface area contributed by atoms with Crippen LogP contribution in [-0.2, 0) is 4.74 Å². The van der Waals surface area contributed by atoms with Crippen LogP contribution in [0.2, 0.25) is 0 Å². The minimum Gasteiger partial charge on any atom is -0.507 e. The molecule has 0 spiro atoms. The summed E-state index contributed by atoms with van der Waals surface area (Å²) in [6, 6.07) is 4.12. The van der Waals surface area contributed by atoms with E-state index in [4.69, 9.17) is 9.15 Å². The number of oxazole rings is 1. The molecule has 2 rings (SSSR count). The molecule has 2 aromatic rings. The standard InChI is InChI=1S/C15H16N2O5/c1-4-21-15(20)11-7-10(5-6-12(11)18)17-14(19)13-8(2)22-9(3)16-13/h5-7,18H,4H2,1-3H3,(H,17,19). The Labute approximate surface area is 126 Å². The van der Waals surface area contributed by atoms with Crippen molar-refractivity contribution >= 4 is 17.6 Å². The number of anilines is 1. The Balaban J connectivity index is 2.23. The van der Waals surface area contributed by atoms with Gasteiger partial charge in [0, 0.05) is 12.6 Å². The van der Waals surface area contributed by atoms with Gasteiger partial charge in [-0.2, -0.15) is 0 Å². The second-order valence-corrected chi connectivity index (χ2v) is 4.54. The molecule has 0 bridgehead atoms. The number of esters is 1. The van der Waals surface area contributed by atoms with Crippen molar-refractivity contribution < 1.29 is 23.8 Å². The van der Waals surface area contributed by atoms with E-state index in [1.165, 1.54) is 18.2 Å². The number of carbonyl (C=O) groups is 2. The number of benzene rings is 1. The molecule has 1 heterocycles. The summed E-state index contributed by atoms with van der Waals surface area (Å²) in [7, 11) is 0. The molecule has 0 saturated heterocycles. The topological polar surface area (TPSA) is 102 Å². The molecule has 7 nitrogen and oxygen atoms in total. The van der Waals surface area contributed by atoms with Gasteiger partial charge in [0.15, 0.2) is 11.6 Å². The summed E-state index contributed by atoms with van der Waals surface area (Å²) in [4.78, 5) is 27.8. The van der Waals surface area contributed by atoms with Crippen LogP contribution in [0, 0.1) is 13.8 Å². The van der Waals surface area contributed by atoms with Crippen LogP contribution in [0.25, 0.3) is 0 Å². The number of hydrogen-bond donors (Lipinski definition) is 2. The van der Waals surface area contributed by atoms with Crippen LogP contribution >= 0.6 is 0 Å². The summed E-state index contributed by atoms with van der Waals surface area (Å²) in [5.41, 5.74) is 0.488. The lowest BCUT2D eigenvalue weighted by molar-refractivity contribution is 0.0523. The minimum atomic E-state index is -0.662. The Morgan fingerprint density at radius 3 is 2.68 bits per heavy atom. The van der Waals surface area contributed by atoms with E-state index in [9.17, 15) is 14.7 Å². The highest BCUT2D eigenvalue weighted by Crippen LogP contribution is 2.23. The van der Waals surface area contributed by atoms with Crippen LogP contribution < -0.4 is 5.32 Å². The molecular weight excluding hydrogens is 288 g/mol. The lowest BCUT2D eigenvalue weighted by atomic mass is 10.1. The largest absolute Gasteiger partial charge is 0.507 e. The maximum Gasteiger partial charge on any atom is 0.341 e. The molecule has 7 heteroatoms. The average Bonchev–Trinajstić information content (AvgIpc) is 2.80. The molecule has 2 N–H and O–H groups in total. The Morgan fingerprint density at radius 2 is 2.09 bits per heavy atom. The first-order chi connectivity index (χ1) is 10.4. The van der Waals surface area contributed by atoms with E-state index in [0.717, 1.165) is 0 Å². The van der Waals surface area contributed by atoms with Gasteiger partial charge in [0.2, 0.25) is 0 Å². The number of carbonyl (C=O) groups excluding carboxylic acids is 2. The fourth-order valence-corrected chi connectivity index (χ4v) is 1.92. The van der Waals surface area contributed by atoms with Crippen molar-refractivity contribution in [3.63, 3.8) is 0 Å². The molecular formula is C15H16N2O5. The number of nitrogens with zero attached hydrogens (tertiary/aromatic N) is 1. The van der Waals surface area contributed by atoms with Gasteiger partial charge < -0.3 is 19.6 Å². The number of phenolic OH excluding ortho intramolecular Hbond substituents is 1. The van der Waals surface area contributed by atoms with Crippen LogP contribution in [0.4, 0.5) is 5.69 Å². The Hall–Kier alpha value is -2.83. The quantitative estimate of drug-likeness (QED) is 0.664. The maximum atomic E-state index is 12.1. The highest BCUT2D eigenvalue weighted by atomic mass is 16.5. The number of rotatable bonds is 4. The Morgan fingerprint density at radius 1 is 1.36 bits per heavy atom. The second kappa shape index (κ2) is 6.30. The van der Waals surface area contributed by atoms with Crippen molar-refractivity contribution in [1.82, 2.24) is 4.98 Å². The SMILES string of the molecule is CCOC(=O)c1cc(NC(=O)c2nc(C)oc2C)ccc1O. The molecule has 0 aliphatic carbocycles. The molecule has 0 saturated carbocycles. The molecule has 0 radical (unpaired) electrons. The highest BCUT2D eigenvalue weighted by molar-refractivity contribution is 6.04. The summed E-state index contributed by atoms with van der Waals surface area (Å²) >= 11 is 0. The van der Waals surface area contributed by atoms with Gasteiger partial charge in [-0.1, -0.05) is 0 Å². The van der Waals surface area contributed by atoms with Crippen molar-refractivity contribution in [2.24, 2.45) is 0 Å².